The molecule has 1 aliphatic carbocycles. The van der Waals surface area contributed by atoms with Crippen LogP contribution < -0.4 is 4.74 Å². The van der Waals surface area contributed by atoms with Crippen LogP contribution in [0.15, 0.2) is 53.6 Å². The van der Waals surface area contributed by atoms with Crippen LogP contribution >= 0.6 is 0 Å². The molecule has 1 aromatic heterocycles. The molecule has 1 N–H and O–H groups in total. The van der Waals surface area contributed by atoms with Gasteiger partial charge in [0.15, 0.2) is 0 Å². The van der Waals surface area contributed by atoms with Gasteiger partial charge >= 0.3 is 12.1 Å². The number of benzene rings is 1. The number of rotatable bonds is 4. The minimum atomic E-state index is -5.08. The largest absolute Gasteiger partial charge is 0.490 e. The molecular formula is C22H24F3N3O5S. The zero-order chi connectivity index (χ0) is 24.5. The first kappa shape index (κ1) is 24.4. The number of aromatic nitrogens is 1. The van der Waals surface area contributed by atoms with E-state index in [0.29, 0.717) is 13.1 Å². The van der Waals surface area contributed by atoms with Crippen molar-refractivity contribution >= 4 is 16.0 Å². The summed E-state index contributed by atoms with van der Waals surface area (Å²) < 4.78 is 66.5. The number of fused-ring (bicyclic) bond motifs is 2. The Morgan fingerprint density at radius 3 is 2.41 bits per heavy atom. The fourth-order valence-electron chi connectivity index (χ4n) is 4.11. The molecule has 1 saturated heterocycles. The van der Waals surface area contributed by atoms with Crippen LogP contribution in [0, 0.1) is 5.92 Å². The number of alkyl halides is 3. The van der Waals surface area contributed by atoms with Gasteiger partial charge in [0.2, 0.25) is 15.9 Å². The lowest BCUT2D eigenvalue weighted by Gasteiger charge is -2.28. The highest BCUT2D eigenvalue weighted by atomic mass is 32.2. The molecule has 0 bridgehead atoms. The number of carboxylic acid groups (broad SMARTS) is 1. The summed E-state index contributed by atoms with van der Waals surface area (Å²) in [6, 6.07) is 12.8. The van der Waals surface area contributed by atoms with Crippen molar-refractivity contribution in [2.45, 2.75) is 42.6 Å². The summed E-state index contributed by atoms with van der Waals surface area (Å²) in [5, 5.41) is 7.12. The number of sulfonamides is 1. The topological polar surface area (TPSA) is 100 Å². The van der Waals surface area contributed by atoms with Crippen molar-refractivity contribution in [2.24, 2.45) is 5.92 Å². The molecule has 2 fully saturated rings. The molecule has 34 heavy (non-hydrogen) atoms. The van der Waals surface area contributed by atoms with Gasteiger partial charge in [-0.1, -0.05) is 30.3 Å². The first-order chi connectivity index (χ1) is 16.1. The molecule has 2 aliphatic heterocycles. The standard InChI is InChI=1S/C20H23N3O3S.C2HF3O2/c24-27(25)19-7-4-10-21-20(19)26-18-14-22(11-16-8-9-16)13-17(18)23(27)12-15-5-2-1-3-6-15;3-2(4,5)1(6)7/h1-7,10,16-18H,8-9,11-14H2;(H,6,7). The smallest absolute Gasteiger partial charge is 0.475 e. The average Bonchev–Trinajstić information content (AvgIpc) is 3.52. The van der Waals surface area contributed by atoms with E-state index >= 15 is 0 Å². The van der Waals surface area contributed by atoms with E-state index in [1.165, 1.54) is 12.8 Å². The zero-order valence-electron chi connectivity index (χ0n) is 18.1. The lowest BCUT2D eigenvalue weighted by Crippen LogP contribution is -2.46. The number of aliphatic carboxylic acids is 1. The molecule has 2 aromatic rings. The van der Waals surface area contributed by atoms with E-state index in [2.05, 4.69) is 9.88 Å². The van der Waals surface area contributed by atoms with Gasteiger partial charge in [-0.25, -0.2) is 18.2 Å². The third-order valence-corrected chi connectivity index (χ3v) is 7.79. The maximum atomic E-state index is 13.5. The summed E-state index contributed by atoms with van der Waals surface area (Å²) in [6.45, 7) is 2.84. The van der Waals surface area contributed by atoms with Gasteiger partial charge in [0.1, 0.15) is 11.0 Å². The second-order valence-corrected chi connectivity index (χ2v) is 10.4. The highest BCUT2D eigenvalue weighted by Crippen LogP contribution is 2.37. The summed E-state index contributed by atoms with van der Waals surface area (Å²) in [4.78, 5) is 15.7. The van der Waals surface area contributed by atoms with Crippen LogP contribution in [0.1, 0.15) is 18.4 Å². The summed E-state index contributed by atoms with van der Waals surface area (Å²) in [5.41, 5.74) is 0.979. The molecule has 1 aromatic carbocycles. The Morgan fingerprint density at radius 1 is 1.12 bits per heavy atom. The number of carboxylic acids is 1. The normalized spacial score (nSPS) is 24.1. The first-order valence-electron chi connectivity index (χ1n) is 10.8. The summed E-state index contributed by atoms with van der Waals surface area (Å²) >= 11 is 0. The van der Waals surface area contributed by atoms with E-state index in [0.717, 1.165) is 24.6 Å². The molecule has 0 amide bonds. The molecule has 12 heteroatoms. The zero-order valence-corrected chi connectivity index (χ0v) is 18.9. The number of hydrogen-bond donors (Lipinski definition) is 1. The predicted octanol–water partition coefficient (Wildman–Crippen LogP) is 2.76. The maximum absolute atomic E-state index is 13.5. The van der Waals surface area contributed by atoms with Crippen molar-refractivity contribution in [3.63, 3.8) is 0 Å². The van der Waals surface area contributed by atoms with Crippen molar-refractivity contribution in [1.82, 2.24) is 14.2 Å². The third kappa shape index (κ3) is 5.50. The fourth-order valence-corrected chi connectivity index (χ4v) is 5.82. The minimum Gasteiger partial charge on any atom is -0.475 e. The third-order valence-electron chi connectivity index (χ3n) is 5.91. The van der Waals surface area contributed by atoms with Crippen LogP contribution in [0.25, 0.3) is 0 Å². The first-order valence-corrected chi connectivity index (χ1v) is 12.2. The molecule has 0 spiro atoms. The predicted molar refractivity (Wildman–Crippen MR) is 114 cm³/mol. The number of hydrogen-bond acceptors (Lipinski definition) is 6. The molecule has 2 unspecified atom stereocenters. The van der Waals surface area contributed by atoms with Gasteiger partial charge in [-0.15, -0.1) is 0 Å². The molecule has 5 rings (SSSR count). The molecule has 0 radical (unpaired) electrons. The number of likely N-dealkylation sites (tertiary alicyclic amines) is 1. The van der Waals surface area contributed by atoms with Crippen LogP contribution in [0.5, 0.6) is 5.88 Å². The van der Waals surface area contributed by atoms with Crippen LogP contribution in [-0.4, -0.2) is 71.6 Å². The molecule has 2 atom stereocenters. The van der Waals surface area contributed by atoms with E-state index in [1.807, 2.05) is 30.3 Å². The highest BCUT2D eigenvalue weighted by Gasteiger charge is 2.48. The van der Waals surface area contributed by atoms with Crippen molar-refractivity contribution in [3.05, 3.63) is 54.2 Å². The highest BCUT2D eigenvalue weighted by molar-refractivity contribution is 7.89. The summed E-state index contributed by atoms with van der Waals surface area (Å²) in [7, 11) is -3.69. The summed E-state index contributed by atoms with van der Waals surface area (Å²) in [5.74, 6) is -1.76. The van der Waals surface area contributed by atoms with Gasteiger partial charge < -0.3 is 9.84 Å². The van der Waals surface area contributed by atoms with E-state index < -0.39 is 22.2 Å². The number of pyridine rings is 1. The van der Waals surface area contributed by atoms with Crippen molar-refractivity contribution in [3.8, 4) is 5.88 Å². The van der Waals surface area contributed by atoms with Crippen molar-refractivity contribution < 1.29 is 36.2 Å². The second kappa shape index (κ2) is 9.51. The van der Waals surface area contributed by atoms with Crippen molar-refractivity contribution in [1.29, 1.82) is 0 Å². The van der Waals surface area contributed by atoms with E-state index in [1.54, 1.807) is 22.6 Å². The monoisotopic (exact) mass is 499 g/mol. The Bertz CT molecular complexity index is 1130. The Labute approximate surface area is 195 Å². The second-order valence-electron chi connectivity index (χ2n) is 8.53. The van der Waals surface area contributed by atoms with E-state index in [9.17, 15) is 21.6 Å². The molecular weight excluding hydrogens is 475 g/mol. The van der Waals surface area contributed by atoms with Gasteiger partial charge in [-0.3, -0.25) is 4.90 Å². The van der Waals surface area contributed by atoms with Gasteiger partial charge in [0, 0.05) is 32.4 Å². The molecule has 1 saturated carbocycles. The molecule has 184 valence electrons. The lowest BCUT2D eigenvalue weighted by atomic mass is 10.1. The molecule has 8 nitrogen and oxygen atoms in total. The minimum absolute atomic E-state index is 0.170. The average molecular weight is 500 g/mol. The van der Waals surface area contributed by atoms with Crippen molar-refractivity contribution in [2.75, 3.05) is 19.6 Å². The van der Waals surface area contributed by atoms with Gasteiger partial charge in [0.05, 0.1) is 6.04 Å². The Balaban J connectivity index is 0.000000344. The van der Waals surface area contributed by atoms with Crippen LogP contribution in [0.4, 0.5) is 13.2 Å². The van der Waals surface area contributed by atoms with Gasteiger partial charge in [0.25, 0.3) is 0 Å². The summed E-state index contributed by atoms with van der Waals surface area (Å²) in [6.07, 6.45) is -1.13. The van der Waals surface area contributed by atoms with Crippen LogP contribution in [0.3, 0.4) is 0 Å². The number of nitrogens with zero attached hydrogens (tertiary/aromatic N) is 3. The number of halogens is 3. The van der Waals surface area contributed by atoms with E-state index in [4.69, 9.17) is 14.6 Å². The van der Waals surface area contributed by atoms with Gasteiger partial charge in [-0.2, -0.15) is 17.5 Å². The fraction of sp³-hybridized carbons (Fsp3) is 0.455. The number of carbonyl (C=O) groups is 1. The Kier molecular flexibility index (Phi) is 6.83. The quantitative estimate of drug-likeness (QED) is 0.691. The van der Waals surface area contributed by atoms with Gasteiger partial charge in [-0.05, 0) is 36.5 Å². The SMILES string of the molecule is O=C(O)C(F)(F)F.O=S1(=O)c2cccnc2OC2CN(CC3CC3)CC2N1Cc1ccccc1. The van der Waals surface area contributed by atoms with Crippen LogP contribution in [-0.2, 0) is 21.4 Å². The maximum Gasteiger partial charge on any atom is 0.490 e. The number of ether oxygens (including phenoxy) is 1. The van der Waals surface area contributed by atoms with E-state index in [-0.39, 0.29) is 22.9 Å². The lowest BCUT2D eigenvalue weighted by molar-refractivity contribution is -0.192. The molecule has 3 heterocycles. The Hall–Kier alpha value is -2.70. The Morgan fingerprint density at radius 2 is 1.79 bits per heavy atom. The van der Waals surface area contributed by atoms with Crippen LogP contribution in [0.2, 0.25) is 0 Å². The molecule has 3 aliphatic rings.